The van der Waals surface area contributed by atoms with Gasteiger partial charge in [0, 0.05) is 30.7 Å². The second-order valence-electron chi connectivity index (χ2n) is 8.06. The Morgan fingerprint density at radius 1 is 1.03 bits per heavy atom. The average molecular weight is 551 g/mol. The zero-order chi connectivity index (χ0) is 26.0. The number of hydrogen-bond acceptors (Lipinski definition) is 15. The van der Waals surface area contributed by atoms with E-state index in [4.69, 9.17) is 9.47 Å². The predicted molar refractivity (Wildman–Crippen MR) is 108 cm³/mol. The summed E-state index contributed by atoms with van der Waals surface area (Å²) >= 11 is 0. The third-order valence-electron chi connectivity index (χ3n) is 5.90. The molecule has 0 saturated heterocycles. The van der Waals surface area contributed by atoms with Gasteiger partial charge in [0.2, 0.25) is 0 Å². The van der Waals surface area contributed by atoms with Crippen LogP contribution in [0.15, 0.2) is 0 Å². The van der Waals surface area contributed by atoms with E-state index in [-0.39, 0.29) is 13.9 Å². The summed E-state index contributed by atoms with van der Waals surface area (Å²) in [6.45, 7) is -0.194. The van der Waals surface area contributed by atoms with Gasteiger partial charge in [0.1, 0.15) is 24.4 Å². The molecule has 0 amide bonds. The third-order valence-corrected chi connectivity index (χ3v) is 7.30. The van der Waals surface area contributed by atoms with E-state index in [9.17, 15) is 56.0 Å². The maximum absolute atomic E-state index is 11.7. The second kappa shape index (κ2) is 12.2. The maximum Gasteiger partial charge on any atom is 0.293 e. The summed E-state index contributed by atoms with van der Waals surface area (Å²) in [5.41, 5.74) is 0. The largest absolute Gasteiger partial charge is 0.748 e. The number of aliphatic carboxylic acids is 1. The number of ether oxygens (including phenoxy) is 3. The number of carbonyl (C=O) groups is 2. The Morgan fingerprint density at radius 3 is 2.09 bits per heavy atom. The Balaban J connectivity index is 0.00000612. The summed E-state index contributed by atoms with van der Waals surface area (Å²) in [6, 6.07) is -1.93. The van der Waals surface area contributed by atoms with Crippen molar-refractivity contribution in [3.05, 3.63) is 0 Å². The Kier molecular flexibility index (Phi) is 11.0. The second-order valence-corrected chi connectivity index (χ2v) is 10.7. The van der Waals surface area contributed by atoms with Crippen molar-refractivity contribution in [3.63, 3.8) is 0 Å². The molecule has 2 saturated carbocycles. The molecule has 18 heteroatoms. The van der Waals surface area contributed by atoms with Gasteiger partial charge < -0.3 is 48.5 Å². The van der Waals surface area contributed by atoms with E-state index in [2.05, 4.69) is 4.74 Å². The number of aliphatic hydroxyl groups is 3. The predicted octanol–water partition coefficient (Wildman–Crippen LogP) is -5.23. The van der Waals surface area contributed by atoms with Crippen LogP contribution in [0, 0.1) is 11.8 Å². The number of hydrogen-bond donors (Lipinski definition) is 4. The lowest BCUT2D eigenvalue weighted by atomic mass is 9.78. The van der Waals surface area contributed by atoms with Gasteiger partial charge in [-0.15, -0.1) is 0 Å². The van der Waals surface area contributed by atoms with E-state index >= 15 is 0 Å². The highest BCUT2D eigenvalue weighted by atomic mass is 32.2. The molecule has 2 aliphatic carbocycles. The first-order chi connectivity index (χ1) is 15.6. The fraction of sp³-hybridized carbons (Fsp3) is 0.882. The molecule has 2 aliphatic rings. The summed E-state index contributed by atoms with van der Waals surface area (Å²) in [4.78, 5) is 22.5. The van der Waals surface area contributed by atoms with Crippen LogP contribution in [0.1, 0.15) is 20.3 Å². The van der Waals surface area contributed by atoms with Crippen LogP contribution in [0.3, 0.4) is 0 Å². The van der Waals surface area contributed by atoms with E-state index in [1.165, 1.54) is 4.72 Å². The fourth-order valence-corrected chi connectivity index (χ4v) is 5.91. The van der Waals surface area contributed by atoms with E-state index in [1.807, 2.05) is 0 Å². The first kappa shape index (κ1) is 31.5. The summed E-state index contributed by atoms with van der Waals surface area (Å²) in [7, 11) is -9.15. The number of aliphatic hydroxyl groups excluding tert-OH is 3. The van der Waals surface area contributed by atoms with Crippen molar-refractivity contribution in [2.75, 3.05) is 12.9 Å². The minimum atomic E-state index is -5.31. The zero-order valence-corrected chi connectivity index (χ0v) is 19.2. The summed E-state index contributed by atoms with van der Waals surface area (Å²) < 4.78 is 84.5. The number of methoxy groups -OCH3 is 1. The molecule has 0 heterocycles. The topological polar surface area (TPSA) is 272 Å². The van der Waals surface area contributed by atoms with Crippen LogP contribution >= 0.6 is 0 Å². The van der Waals surface area contributed by atoms with Crippen molar-refractivity contribution in [2.45, 2.75) is 69.0 Å². The third kappa shape index (κ3) is 8.00. The van der Waals surface area contributed by atoms with Gasteiger partial charge in [0.15, 0.2) is 10.3 Å². The lowest BCUT2D eigenvalue weighted by Gasteiger charge is -2.48. The van der Waals surface area contributed by atoms with Crippen LogP contribution in [-0.4, -0.2) is 115 Å². The van der Waals surface area contributed by atoms with Crippen molar-refractivity contribution in [2.24, 2.45) is 11.8 Å². The van der Waals surface area contributed by atoms with E-state index in [0.717, 1.165) is 7.11 Å². The van der Waals surface area contributed by atoms with Crippen molar-refractivity contribution in [3.8, 4) is 0 Å². The summed E-state index contributed by atoms with van der Waals surface area (Å²) in [5, 5.41) is 42.9. The minimum Gasteiger partial charge on any atom is -0.748 e. The molecule has 0 aromatic rings. The Labute approximate surface area is 201 Å². The van der Waals surface area contributed by atoms with Gasteiger partial charge in [-0.2, -0.15) is 0 Å². The summed E-state index contributed by atoms with van der Waals surface area (Å²) in [5.74, 6) is -6.05. The number of carbonyl (C=O) groups excluding carboxylic acids is 2. The molecule has 2 fully saturated rings. The average Bonchev–Trinajstić information content (AvgIpc) is 2.69. The molecule has 35 heavy (non-hydrogen) atoms. The van der Waals surface area contributed by atoms with Gasteiger partial charge in [-0.1, -0.05) is 7.43 Å². The normalized spacial score (nSPS) is 38.2. The molecular weight excluding hydrogens is 522 g/mol. The fourth-order valence-electron chi connectivity index (χ4n) is 4.43. The van der Waals surface area contributed by atoms with E-state index < -0.39 is 106 Å². The van der Waals surface area contributed by atoms with Gasteiger partial charge in [-0.3, -0.25) is 4.79 Å². The highest BCUT2D eigenvalue weighted by Gasteiger charge is 2.51. The van der Waals surface area contributed by atoms with Gasteiger partial charge in [-0.05, 0) is 12.8 Å². The SMILES string of the molecule is C.CO[C@@H]1CC(C(=O)[O-])[C@H](O[C@@H]2CC(CS(=O)(=O)[O-])[C@H](OC=O)[C@@H](O)C2NS(=O)(=O)[O-])[C@@H](O)C1O. The quantitative estimate of drug-likeness (QED) is 0.146. The molecule has 4 N–H and O–H groups in total. The van der Waals surface area contributed by atoms with E-state index in [0.29, 0.717) is 0 Å². The first-order valence-electron chi connectivity index (χ1n) is 9.78. The lowest BCUT2D eigenvalue weighted by Crippen LogP contribution is -2.65. The molecule has 206 valence electrons. The van der Waals surface area contributed by atoms with Gasteiger partial charge in [0.05, 0.1) is 34.5 Å². The highest BCUT2D eigenvalue weighted by Crippen LogP contribution is 2.36. The van der Waals surface area contributed by atoms with Crippen LogP contribution in [-0.2, 0) is 44.2 Å². The van der Waals surface area contributed by atoms with Crippen LogP contribution in [0.2, 0.25) is 0 Å². The van der Waals surface area contributed by atoms with E-state index in [1.54, 1.807) is 0 Å². The Hall–Kier alpha value is -1.48. The molecule has 10 atom stereocenters. The molecule has 4 unspecified atom stereocenters. The lowest BCUT2D eigenvalue weighted by molar-refractivity contribution is -0.323. The van der Waals surface area contributed by atoms with Gasteiger partial charge >= 0.3 is 0 Å². The summed E-state index contributed by atoms with van der Waals surface area (Å²) in [6.07, 6.45) is -13.2. The number of carboxylic acid groups (broad SMARTS) is 1. The number of carboxylic acids is 1. The molecule has 0 spiro atoms. The number of nitrogens with one attached hydrogen (secondary N) is 1. The molecular formula is C17H28NO15S2-3. The molecule has 0 aliphatic heterocycles. The highest BCUT2D eigenvalue weighted by molar-refractivity contribution is 7.85. The van der Waals surface area contributed by atoms with Gasteiger partial charge in [0.25, 0.3) is 6.47 Å². The molecule has 0 aromatic heterocycles. The molecule has 0 aromatic carbocycles. The first-order valence-corrected chi connectivity index (χ1v) is 12.8. The molecule has 16 nitrogen and oxygen atoms in total. The van der Waals surface area contributed by atoms with Crippen molar-refractivity contribution in [1.82, 2.24) is 4.72 Å². The standard InChI is InChI=1S/C16H27NO15S2.CH4/c1-30-9-3-7(16(22)23)15(13(21)11(9)19)32-8-2-6(4-33(24,25)26)14(31-5-18)12(20)10(8)17-34(27,28)29;/h5-15,17,19-21H,2-4H2,1H3,(H,22,23)(H,24,25,26)(H,27,28,29);1H4/p-3/t6?,7?,8-,9-,10?,11?,12+,13+,14+,15+;/m1./s1. The smallest absolute Gasteiger partial charge is 0.293 e. The van der Waals surface area contributed by atoms with Crippen LogP contribution in [0.25, 0.3) is 0 Å². The maximum atomic E-state index is 11.7. The molecule has 0 bridgehead atoms. The monoisotopic (exact) mass is 550 g/mol. The van der Waals surface area contributed by atoms with Crippen molar-refractivity contribution in [1.29, 1.82) is 0 Å². The van der Waals surface area contributed by atoms with Crippen LogP contribution in [0.5, 0.6) is 0 Å². The Morgan fingerprint density at radius 2 is 1.63 bits per heavy atom. The minimum absolute atomic E-state index is 0. The molecule has 0 radical (unpaired) electrons. The molecule has 2 rings (SSSR count). The van der Waals surface area contributed by atoms with Gasteiger partial charge in [-0.25, -0.2) is 21.6 Å². The zero-order valence-electron chi connectivity index (χ0n) is 17.5. The van der Waals surface area contributed by atoms with Crippen LogP contribution < -0.4 is 9.83 Å². The van der Waals surface area contributed by atoms with Crippen molar-refractivity contribution >= 4 is 32.9 Å². The van der Waals surface area contributed by atoms with Crippen LogP contribution in [0.4, 0.5) is 0 Å². The van der Waals surface area contributed by atoms with Crippen molar-refractivity contribution < 1.29 is 70.2 Å². The number of rotatable bonds is 10. The Bertz CT molecular complexity index is 941.